The van der Waals surface area contributed by atoms with E-state index in [-0.39, 0.29) is 59.2 Å². The van der Waals surface area contributed by atoms with Crippen molar-refractivity contribution in [2.45, 2.75) is 43.6 Å². The minimum Gasteiger partial charge on any atom is -0.477 e. The summed E-state index contributed by atoms with van der Waals surface area (Å²) < 4.78 is 0. The third-order valence-corrected chi connectivity index (χ3v) is 8.15. The molecule has 2 fully saturated rings. The highest BCUT2D eigenvalue weighted by Gasteiger charge is 2.60. The molecule has 0 aromatic carbocycles. The lowest BCUT2D eigenvalue weighted by atomic mass is 9.78. The number of carboxylic acid groups (broad SMARTS) is 1. The smallest absolute Gasteiger partial charge is 0.353 e. The number of hydrogen-bond donors (Lipinski definition) is 5. The number of likely N-dealkylation sites (N-methyl/N-ethyl adjacent to an activating group) is 2. The number of aliphatic carboxylic acids is 1. The van der Waals surface area contributed by atoms with E-state index in [9.17, 15) is 24.3 Å². The summed E-state index contributed by atoms with van der Waals surface area (Å²) in [6.07, 6.45) is 0.572. The van der Waals surface area contributed by atoms with Crippen molar-refractivity contribution in [3.63, 3.8) is 0 Å². The van der Waals surface area contributed by atoms with Crippen LogP contribution in [0.2, 0.25) is 0 Å². The number of carbonyl (C=O) groups excluding carboxylic acids is 3. The van der Waals surface area contributed by atoms with Gasteiger partial charge in [-0.2, -0.15) is 0 Å². The van der Waals surface area contributed by atoms with Gasteiger partial charge in [-0.25, -0.2) is 4.79 Å². The van der Waals surface area contributed by atoms with Crippen LogP contribution in [0.4, 0.5) is 0 Å². The summed E-state index contributed by atoms with van der Waals surface area (Å²) >= 11 is 1.42. The zero-order valence-corrected chi connectivity index (χ0v) is 20.8. The van der Waals surface area contributed by atoms with Gasteiger partial charge < -0.3 is 36.2 Å². The average molecular weight is 496 g/mol. The van der Waals surface area contributed by atoms with Gasteiger partial charge in [-0.3, -0.25) is 19.8 Å². The predicted octanol–water partition coefficient (Wildman–Crippen LogP) is -1.36. The van der Waals surface area contributed by atoms with Gasteiger partial charge in [0.25, 0.3) is 0 Å². The topological polar surface area (TPSA) is 172 Å². The van der Waals surface area contributed by atoms with Crippen LogP contribution in [0, 0.1) is 17.2 Å². The molecule has 13 heteroatoms. The third-order valence-electron chi connectivity index (χ3n) is 6.63. The van der Waals surface area contributed by atoms with Gasteiger partial charge in [0.05, 0.1) is 24.5 Å². The number of amides is 3. The molecule has 0 bridgehead atoms. The van der Waals surface area contributed by atoms with Crippen LogP contribution in [0.3, 0.4) is 0 Å². The molecule has 2 saturated heterocycles. The van der Waals surface area contributed by atoms with Gasteiger partial charge in [0, 0.05) is 49.8 Å². The first-order valence-corrected chi connectivity index (χ1v) is 12.0. The van der Waals surface area contributed by atoms with Gasteiger partial charge in [-0.1, -0.05) is 6.92 Å². The van der Waals surface area contributed by atoms with E-state index < -0.39 is 17.9 Å². The van der Waals surface area contributed by atoms with Gasteiger partial charge >= 0.3 is 5.97 Å². The molecule has 0 radical (unpaired) electrons. The van der Waals surface area contributed by atoms with Crippen LogP contribution in [0.25, 0.3) is 0 Å². The van der Waals surface area contributed by atoms with Crippen molar-refractivity contribution in [3.8, 4) is 0 Å². The Kier molecular flexibility index (Phi) is 7.46. The number of fused-ring (bicyclic) bond motifs is 1. The molecular formula is C21H33N7O5S. The molecule has 34 heavy (non-hydrogen) atoms. The van der Waals surface area contributed by atoms with Crippen molar-refractivity contribution >= 4 is 41.4 Å². The summed E-state index contributed by atoms with van der Waals surface area (Å²) in [5, 5.41) is 23.3. The maximum absolute atomic E-state index is 13.0. The number of rotatable bonds is 8. The summed E-state index contributed by atoms with van der Waals surface area (Å²) in [4.78, 5) is 54.5. The zero-order chi connectivity index (χ0) is 25.5. The Labute approximate surface area is 202 Å². The van der Waals surface area contributed by atoms with Crippen LogP contribution in [0.1, 0.15) is 20.3 Å². The van der Waals surface area contributed by atoms with Gasteiger partial charge in [0.2, 0.25) is 17.7 Å². The SMILES string of the molecule is CC(NC(=O)CN(C)C(=N)N)[C@H]1C(=O)N2C(C(=O)O)=C(S[C@@H]3CN[C@H](C(=O)N(C)C)C3)[C@H](C)[C@H]12. The number of nitrogens with zero attached hydrogens (tertiary/aromatic N) is 3. The number of β-lactam (4-membered cyclic amide) rings is 1. The van der Waals surface area contributed by atoms with Crippen molar-refractivity contribution in [3.05, 3.63) is 10.6 Å². The van der Waals surface area contributed by atoms with Gasteiger partial charge in [-0.05, 0) is 13.3 Å². The Morgan fingerprint density at radius 3 is 2.56 bits per heavy atom. The van der Waals surface area contributed by atoms with Crippen molar-refractivity contribution in [1.29, 1.82) is 5.41 Å². The number of carboxylic acids is 1. The Hall–Kier alpha value is -2.80. The van der Waals surface area contributed by atoms with Crippen LogP contribution in [0.5, 0.6) is 0 Å². The lowest BCUT2D eigenvalue weighted by molar-refractivity contribution is -0.158. The van der Waals surface area contributed by atoms with Crippen LogP contribution in [0.15, 0.2) is 10.6 Å². The molecule has 3 heterocycles. The highest BCUT2D eigenvalue weighted by atomic mass is 32.2. The number of guanidine groups is 1. The molecule has 0 aromatic rings. The molecule has 3 aliphatic rings. The number of hydrogen-bond acceptors (Lipinski definition) is 7. The van der Waals surface area contributed by atoms with Crippen LogP contribution in [-0.2, 0) is 19.2 Å². The second-order valence-electron chi connectivity index (χ2n) is 9.30. The van der Waals surface area contributed by atoms with Gasteiger partial charge in [0.15, 0.2) is 5.96 Å². The minimum atomic E-state index is -1.16. The van der Waals surface area contributed by atoms with Gasteiger partial charge in [-0.15, -0.1) is 11.8 Å². The first-order valence-electron chi connectivity index (χ1n) is 11.1. The number of nitrogens with one attached hydrogen (secondary N) is 3. The van der Waals surface area contributed by atoms with Crippen LogP contribution >= 0.6 is 11.8 Å². The first kappa shape index (κ1) is 25.8. The van der Waals surface area contributed by atoms with E-state index in [2.05, 4.69) is 10.6 Å². The third kappa shape index (κ3) is 4.71. The van der Waals surface area contributed by atoms with Gasteiger partial charge in [0.1, 0.15) is 5.70 Å². The molecule has 0 spiro atoms. The zero-order valence-electron chi connectivity index (χ0n) is 20.0. The molecule has 1 unspecified atom stereocenters. The number of carbonyl (C=O) groups is 4. The lowest BCUT2D eigenvalue weighted by Gasteiger charge is -2.47. The lowest BCUT2D eigenvalue weighted by Crippen LogP contribution is -2.66. The molecule has 3 aliphatic heterocycles. The maximum atomic E-state index is 13.0. The highest BCUT2D eigenvalue weighted by molar-refractivity contribution is 8.03. The molecular weight excluding hydrogens is 462 g/mol. The second-order valence-corrected chi connectivity index (χ2v) is 10.6. The molecule has 188 valence electrons. The normalized spacial score (nSPS) is 28.8. The van der Waals surface area contributed by atoms with E-state index in [4.69, 9.17) is 11.1 Å². The Balaban J connectivity index is 1.70. The Morgan fingerprint density at radius 1 is 1.35 bits per heavy atom. The van der Waals surface area contributed by atoms with E-state index >= 15 is 0 Å². The highest BCUT2D eigenvalue weighted by Crippen LogP contribution is 2.51. The van der Waals surface area contributed by atoms with Crippen molar-refractivity contribution < 1.29 is 24.3 Å². The van der Waals surface area contributed by atoms with Crippen molar-refractivity contribution in [1.82, 2.24) is 25.3 Å². The first-order chi connectivity index (χ1) is 15.8. The molecule has 3 amide bonds. The Bertz CT molecular complexity index is 938. The van der Waals surface area contributed by atoms with E-state index in [0.29, 0.717) is 17.9 Å². The molecule has 0 aromatic heterocycles. The van der Waals surface area contributed by atoms with Crippen LogP contribution < -0.4 is 16.4 Å². The fraction of sp³-hybridized carbons (Fsp3) is 0.667. The van der Waals surface area contributed by atoms with E-state index in [1.54, 1.807) is 21.0 Å². The summed E-state index contributed by atoms with van der Waals surface area (Å²) in [7, 11) is 4.91. The summed E-state index contributed by atoms with van der Waals surface area (Å²) in [5.41, 5.74) is 5.37. The summed E-state index contributed by atoms with van der Waals surface area (Å²) in [5.74, 6) is -2.91. The van der Waals surface area contributed by atoms with Crippen molar-refractivity contribution in [2.75, 3.05) is 34.2 Å². The summed E-state index contributed by atoms with van der Waals surface area (Å²) in [6, 6.07) is -1.19. The molecule has 3 rings (SSSR count). The monoisotopic (exact) mass is 495 g/mol. The van der Waals surface area contributed by atoms with E-state index in [1.807, 2.05) is 6.92 Å². The minimum absolute atomic E-state index is 0.000903. The Morgan fingerprint density at radius 2 is 2.00 bits per heavy atom. The molecule has 0 aliphatic carbocycles. The summed E-state index contributed by atoms with van der Waals surface area (Å²) in [6.45, 7) is 4.07. The predicted molar refractivity (Wildman–Crippen MR) is 127 cm³/mol. The fourth-order valence-electron chi connectivity index (χ4n) is 4.86. The molecule has 0 saturated carbocycles. The quantitative estimate of drug-likeness (QED) is 0.155. The van der Waals surface area contributed by atoms with Crippen LogP contribution in [-0.4, -0.2) is 107 Å². The average Bonchev–Trinajstić information content (AvgIpc) is 3.29. The standard InChI is InChI=1S/C21H33N7O5S/c1-9-15-14(10(2)25-13(29)8-27(5)21(22)23)19(31)28(15)16(20(32)33)17(9)34-11-6-12(24-7-11)18(30)26(3)4/h9-12,14-15,24H,6-8H2,1-5H3,(H3,22,23)(H,25,29)(H,32,33)/t9-,10?,11+,12+,14-,15-/m1/s1. The largest absolute Gasteiger partial charge is 0.477 e. The van der Waals surface area contributed by atoms with E-state index in [0.717, 1.165) is 0 Å². The number of thioether (sulfide) groups is 1. The van der Waals surface area contributed by atoms with Crippen molar-refractivity contribution in [2.24, 2.45) is 17.6 Å². The second kappa shape index (κ2) is 9.82. The molecule has 12 nitrogen and oxygen atoms in total. The number of nitrogens with two attached hydrogens (primary N) is 1. The molecule has 6 atom stereocenters. The molecule has 6 N–H and O–H groups in total. The maximum Gasteiger partial charge on any atom is 0.353 e. The van der Waals surface area contributed by atoms with E-state index in [1.165, 1.54) is 33.5 Å². The fourth-order valence-corrected chi connectivity index (χ4v) is 6.34.